The van der Waals surface area contributed by atoms with Crippen LogP contribution in [0.25, 0.3) is 0 Å². The highest BCUT2D eigenvalue weighted by molar-refractivity contribution is 5.44. The first-order valence-electron chi connectivity index (χ1n) is 3.59. The minimum absolute atomic E-state index is 0.119. The van der Waals surface area contributed by atoms with E-state index >= 15 is 0 Å². The summed E-state index contributed by atoms with van der Waals surface area (Å²) in [6.45, 7) is 12.3. The zero-order valence-electron chi connectivity index (χ0n) is 6.48. The molecule has 1 aliphatic heterocycles. The van der Waals surface area contributed by atoms with Gasteiger partial charge in [0.1, 0.15) is 12.2 Å². The summed E-state index contributed by atoms with van der Waals surface area (Å²) in [5, 5.41) is 0. The average Bonchev–Trinajstić information content (AvgIpc) is 2.58. The average molecular weight is 136 g/mol. The van der Waals surface area contributed by atoms with Crippen LogP contribution in [-0.2, 0) is 4.74 Å². The number of hydrogen-bond acceptors (Lipinski definition) is 1. The predicted octanol–water partition coefficient (Wildman–Crippen LogP) is 1.91. The van der Waals surface area contributed by atoms with Crippen LogP contribution >= 0.6 is 0 Å². The molecule has 0 aromatic heterocycles. The van der Waals surface area contributed by atoms with Crippen molar-refractivity contribution in [2.24, 2.45) is 5.41 Å². The smallest absolute Gasteiger partial charge is 0.110 e. The van der Waals surface area contributed by atoms with Gasteiger partial charge in [0.2, 0.25) is 0 Å². The third-order valence-electron chi connectivity index (χ3n) is 2.78. The highest BCUT2D eigenvalue weighted by atomic mass is 16.6. The largest absolute Gasteiger partial charge is 0.360 e. The lowest BCUT2D eigenvalue weighted by Gasteiger charge is -2.23. The molecule has 1 nitrogen and oxygen atoms in total. The minimum atomic E-state index is 0.119. The van der Waals surface area contributed by atoms with Crippen molar-refractivity contribution in [3.05, 3.63) is 24.3 Å². The molecule has 2 fully saturated rings. The van der Waals surface area contributed by atoms with Crippen molar-refractivity contribution in [1.29, 1.82) is 0 Å². The summed E-state index contributed by atoms with van der Waals surface area (Å²) in [7, 11) is 0. The Labute approximate surface area is 61.4 Å². The monoisotopic (exact) mass is 136 g/mol. The van der Waals surface area contributed by atoms with Crippen LogP contribution in [0.5, 0.6) is 0 Å². The van der Waals surface area contributed by atoms with Crippen molar-refractivity contribution in [1.82, 2.24) is 0 Å². The van der Waals surface area contributed by atoms with Crippen LogP contribution in [0.3, 0.4) is 0 Å². The van der Waals surface area contributed by atoms with Gasteiger partial charge in [-0.25, -0.2) is 0 Å². The van der Waals surface area contributed by atoms with Gasteiger partial charge in [0.15, 0.2) is 0 Å². The molecule has 1 heteroatoms. The van der Waals surface area contributed by atoms with E-state index < -0.39 is 0 Å². The van der Waals surface area contributed by atoms with E-state index in [2.05, 4.69) is 27.0 Å². The molecule has 0 spiro atoms. The summed E-state index contributed by atoms with van der Waals surface area (Å²) in [5.41, 5.74) is 2.51. The molecule has 1 saturated heterocycles. The highest BCUT2D eigenvalue weighted by Gasteiger charge is 2.57. The van der Waals surface area contributed by atoms with E-state index in [4.69, 9.17) is 4.74 Å². The Morgan fingerprint density at radius 1 is 1.20 bits per heavy atom. The van der Waals surface area contributed by atoms with Crippen molar-refractivity contribution < 1.29 is 4.74 Å². The van der Waals surface area contributed by atoms with Gasteiger partial charge in [0.05, 0.1) is 0 Å². The van der Waals surface area contributed by atoms with Gasteiger partial charge in [0.25, 0.3) is 0 Å². The Bertz CT molecular complexity index is 203. The molecule has 0 radical (unpaired) electrons. The maximum Gasteiger partial charge on any atom is 0.110 e. The molecule has 54 valence electrons. The van der Waals surface area contributed by atoms with Crippen LogP contribution in [0.2, 0.25) is 0 Å². The third kappa shape index (κ3) is 0.477. The van der Waals surface area contributed by atoms with Gasteiger partial charge in [-0.1, -0.05) is 27.0 Å². The Balaban J connectivity index is 2.41. The predicted molar refractivity (Wildman–Crippen MR) is 40.7 cm³/mol. The Morgan fingerprint density at radius 2 is 1.60 bits per heavy atom. The maximum atomic E-state index is 5.31. The lowest BCUT2D eigenvalue weighted by atomic mass is 9.84. The first-order valence-corrected chi connectivity index (χ1v) is 3.59. The zero-order chi connectivity index (χ0) is 7.52. The van der Waals surface area contributed by atoms with Gasteiger partial charge >= 0.3 is 0 Å². The van der Waals surface area contributed by atoms with Gasteiger partial charge in [-0.05, 0) is 11.1 Å². The van der Waals surface area contributed by atoms with Crippen LogP contribution in [0, 0.1) is 5.41 Å². The number of rotatable bonds is 0. The molecule has 1 heterocycles. The quantitative estimate of drug-likeness (QED) is 0.366. The Kier molecular flexibility index (Phi) is 0.848. The van der Waals surface area contributed by atoms with Crippen molar-refractivity contribution in [3.8, 4) is 0 Å². The summed E-state index contributed by atoms with van der Waals surface area (Å²) in [6, 6.07) is 0. The molecule has 2 atom stereocenters. The van der Waals surface area contributed by atoms with E-state index in [0.29, 0.717) is 12.2 Å². The molecule has 1 aliphatic carbocycles. The molecule has 0 aromatic carbocycles. The topological polar surface area (TPSA) is 12.5 Å². The first-order chi connectivity index (χ1) is 4.55. The Hall–Kier alpha value is -0.560. The number of ether oxygens (including phenoxy) is 1. The van der Waals surface area contributed by atoms with Crippen LogP contribution in [0.4, 0.5) is 0 Å². The summed E-state index contributed by atoms with van der Waals surface area (Å²) in [6.07, 6.45) is 0.616. The van der Waals surface area contributed by atoms with Crippen LogP contribution in [0.15, 0.2) is 24.3 Å². The number of hydrogen-bond donors (Lipinski definition) is 0. The standard InChI is InChI=1S/C9H12O/c1-5-7-8(10-7)6(2)9(5,3)4/h7-8H,1-2H2,3-4H3. The fraction of sp³-hybridized carbons (Fsp3) is 0.556. The van der Waals surface area contributed by atoms with Crippen molar-refractivity contribution in [2.45, 2.75) is 26.1 Å². The van der Waals surface area contributed by atoms with E-state index in [1.807, 2.05) is 0 Å². The van der Waals surface area contributed by atoms with E-state index in [-0.39, 0.29) is 5.41 Å². The normalized spacial score (nSPS) is 41.8. The van der Waals surface area contributed by atoms with Gasteiger partial charge in [-0.3, -0.25) is 0 Å². The fourth-order valence-corrected chi connectivity index (χ4v) is 1.56. The minimum Gasteiger partial charge on any atom is -0.360 e. The highest BCUT2D eigenvalue weighted by Crippen LogP contribution is 2.55. The van der Waals surface area contributed by atoms with Crippen molar-refractivity contribution in [2.75, 3.05) is 0 Å². The number of fused-ring (bicyclic) bond motifs is 1. The molecular formula is C9H12O. The van der Waals surface area contributed by atoms with Gasteiger partial charge in [-0.15, -0.1) is 0 Å². The molecular weight excluding hydrogens is 124 g/mol. The maximum absolute atomic E-state index is 5.31. The van der Waals surface area contributed by atoms with Crippen LogP contribution < -0.4 is 0 Å². The Morgan fingerprint density at radius 3 is 1.80 bits per heavy atom. The van der Waals surface area contributed by atoms with Gasteiger partial charge in [0, 0.05) is 5.41 Å². The van der Waals surface area contributed by atoms with Gasteiger partial charge in [-0.2, -0.15) is 0 Å². The molecule has 10 heavy (non-hydrogen) atoms. The first kappa shape index (κ1) is 6.17. The fourth-order valence-electron chi connectivity index (χ4n) is 1.56. The molecule has 1 saturated carbocycles. The van der Waals surface area contributed by atoms with Crippen molar-refractivity contribution >= 4 is 0 Å². The summed E-state index contributed by atoms with van der Waals surface area (Å²) in [4.78, 5) is 0. The molecule has 0 amide bonds. The second kappa shape index (κ2) is 1.37. The molecule has 2 rings (SSSR count). The molecule has 0 N–H and O–H groups in total. The molecule has 2 unspecified atom stereocenters. The lowest BCUT2D eigenvalue weighted by molar-refractivity contribution is 0.331. The van der Waals surface area contributed by atoms with E-state index in [1.165, 1.54) is 11.1 Å². The lowest BCUT2D eigenvalue weighted by Crippen LogP contribution is -2.14. The zero-order valence-corrected chi connectivity index (χ0v) is 6.48. The van der Waals surface area contributed by atoms with Crippen LogP contribution in [-0.4, -0.2) is 12.2 Å². The van der Waals surface area contributed by atoms with Crippen LogP contribution in [0.1, 0.15) is 13.8 Å². The second-order valence-electron chi connectivity index (χ2n) is 3.65. The second-order valence-corrected chi connectivity index (χ2v) is 3.65. The number of epoxide rings is 1. The molecule has 2 aliphatic rings. The van der Waals surface area contributed by atoms with Crippen molar-refractivity contribution in [3.63, 3.8) is 0 Å². The van der Waals surface area contributed by atoms with E-state index in [1.54, 1.807) is 0 Å². The molecule has 0 aromatic rings. The SMILES string of the molecule is C=C1C2OC2C(=C)C1(C)C. The van der Waals surface area contributed by atoms with E-state index in [9.17, 15) is 0 Å². The van der Waals surface area contributed by atoms with E-state index in [0.717, 1.165) is 0 Å². The summed E-state index contributed by atoms with van der Waals surface area (Å²) in [5.74, 6) is 0. The van der Waals surface area contributed by atoms with Gasteiger partial charge < -0.3 is 4.74 Å². The summed E-state index contributed by atoms with van der Waals surface area (Å²) < 4.78 is 5.31. The third-order valence-corrected chi connectivity index (χ3v) is 2.78. The summed E-state index contributed by atoms with van der Waals surface area (Å²) >= 11 is 0. The molecule has 0 bridgehead atoms.